The summed E-state index contributed by atoms with van der Waals surface area (Å²) in [6.07, 6.45) is 0. The molecule has 0 spiro atoms. The third kappa shape index (κ3) is 2.18. The fourth-order valence-corrected chi connectivity index (χ4v) is 3.09. The van der Waals surface area contributed by atoms with Gasteiger partial charge in [0, 0.05) is 10.9 Å². The molecule has 0 atom stereocenters. The maximum atomic E-state index is 11.9. The molecule has 1 aromatic carbocycles. The van der Waals surface area contributed by atoms with Crippen LogP contribution in [0, 0.1) is 20.8 Å². The average Bonchev–Trinajstić information content (AvgIpc) is 2.77. The number of primary amides is 1. The first-order chi connectivity index (χ1) is 11.2. The molecule has 3 rings (SSSR count). The number of pyridine rings is 1. The number of benzene rings is 1. The van der Waals surface area contributed by atoms with Crippen molar-refractivity contribution in [3.63, 3.8) is 0 Å². The highest BCUT2D eigenvalue weighted by Crippen LogP contribution is 2.36. The Morgan fingerprint density at radius 3 is 2.58 bits per heavy atom. The predicted octanol–water partition coefficient (Wildman–Crippen LogP) is 2.99. The van der Waals surface area contributed by atoms with Gasteiger partial charge < -0.3 is 16.6 Å². The van der Waals surface area contributed by atoms with Gasteiger partial charge in [-0.3, -0.25) is 9.36 Å². The summed E-state index contributed by atoms with van der Waals surface area (Å²) in [7, 11) is 0. The third-order valence-corrected chi connectivity index (χ3v) is 4.57. The van der Waals surface area contributed by atoms with E-state index in [0.717, 1.165) is 5.56 Å². The van der Waals surface area contributed by atoms with Gasteiger partial charge in [-0.25, -0.2) is 4.98 Å². The quantitative estimate of drug-likeness (QED) is 0.664. The molecule has 0 saturated heterocycles. The van der Waals surface area contributed by atoms with Crippen LogP contribution in [0.3, 0.4) is 0 Å². The normalized spacial score (nSPS) is 11.2. The van der Waals surface area contributed by atoms with Gasteiger partial charge in [0.25, 0.3) is 5.91 Å². The molecule has 5 N–H and O–H groups in total. The van der Waals surface area contributed by atoms with Crippen LogP contribution >= 0.6 is 11.6 Å². The molecule has 0 aliphatic rings. The molecule has 3 aromatic rings. The van der Waals surface area contributed by atoms with Gasteiger partial charge >= 0.3 is 0 Å². The van der Waals surface area contributed by atoms with Crippen LogP contribution in [0.2, 0.25) is 5.02 Å². The Kier molecular flexibility index (Phi) is 3.64. The third-order valence-electron chi connectivity index (χ3n) is 4.18. The number of hydrogen-bond acceptors (Lipinski definition) is 4. The zero-order chi connectivity index (χ0) is 17.8. The zero-order valence-corrected chi connectivity index (χ0v) is 14.3. The second-order valence-corrected chi connectivity index (χ2v) is 6.17. The number of nitrogens with zero attached hydrogens (tertiary/aromatic N) is 2. The second kappa shape index (κ2) is 5.42. The van der Waals surface area contributed by atoms with Crippen molar-refractivity contribution in [1.82, 2.24) is 9.55 Å². The molecule has 0 aliphatic heterocycles. The van der Waals surface area contributed by atoms with E-state index in [9.17, 15) is 9.90 Å². The van der Waals surface area contributed by atoms with Crippen molar-refractivity contribution >= 4 is 34.4 Å². The Balaban J connectivity index is 2.55. The number of carbonyl (C=O) groups excluding carboxylic acids is 1. The standard InChI is InChI=1S/C17H17ClN4O2/c1-7-4-5-12(23)8(2)14(7)22-15(19)13(16(20)24)10-6-11(18)9(3)21-17(10)22/h4-6,23H,19H2,1-3H3,(H2,20,24). The maximum Gasteiger partial charge on any atom is 0.253 e. The smallest absolute Gasteiger partial charge is 0.253 e. The van der Waals surface area contributed by atoms with Gasteiger partial charge in [-0.15, -0.1) is 0 Å². The fraction of sp³-hybridized carbons (Fsp3) is 0.176. The zero-order valence-electron chi connectivity index (χ0n) is 13.5. The Hall–Kier alpha value is -2.73. The molecule has 6 nitrogen and oxygen atoms in total. The number of nitrogens with two attached hydrogens (primary N) is 2. The van der Waals surface area contributed by atoms with E-state index in [1.807, 2.05) is 6.92 Å². The van der Waals surface area contributed by atoms with Crippen molar-refractivity contribution in [2.24, 2.45) is 5.73 Å². The Morgan fingerprint density at radius 2 is 1.96 bits per heavy atom. The van der Waals surface area contributed by atoms with E-state index >= 15 is 0 Å². The van der Waals surface area contributed by atoms with Crippen LogP contribution in [-0.4, -0.2) is 20.6 Å². The highest BCUT2D eigenvalue weighted by molar-refractivity contribution is 6.32. The first kappa shape index (κ1) is 16.1. The van der Waals surface area contributed by atoms with Gasteiger partial charge in [-0.2, -0.15) is 0 Å². The largest absolute Gasteiger partial charge is 0.508 e. The van der Waals surface area contributed by atoms with Crippen molar-refractivity contribution < 1.29 is 9.90 Å². The summed E-state index contributed by atoms with van der Waals surface area (Å²) in [6.45, 7) is 5.43. The molecule has 7 heteroatoms. The predicted molar refractivity (Wildman–Crippen MR) is 94.9 cm³/mol. The van der Waals surface area contributed by atoms with Crippen LogP contribution in [0.1, 0.15) is 27.2 Å². The van der Waals surface area contributed by atoms with Gasteiger partial charge in [-0.1, -0.05) is 17.7 Å². The molecule has 0 aliphatic carbocycles. The van der Waals surface area contributed by atoms with E-state index < -0.39 is 5.91 Å². The highest BCUT2D eigenvalue weighted by Gasteiger charge is 2.24. The molecule has 2 heterocycles. The summed E-state index contributed by atoms with van der Waals surface area (Å²) >= 11 is 6.16. The summed E-state index contributed by atoms with van der Waals surface area (Å²) in [4.78, 5) is 16.4. The number of amides is 1. The maximum absolute atomic E-state index is 11.9. The van der Waals surface area contributed by atoms with E-state index in [0.29, 0.717) is 33.0 Å². The molecule has 0 fully saturated rings. The van der Waals surface area contributed by atoms with Crippen molar-refractivity contribution in [2.45, 2.75) is 20.8 Å². The van der Waals surface area contributed by atoms with Gasteiger partial charge in [0.1, 0.15) is 17.2 Å². The van der Waals surface area contributed by atoms with Crippen molar-refractivity contribution in [3.05, 3.63) is 45.6 Å². The van der Waals surface area contributed by atoms with Gasteiger partial charge in [-0.05, 0) is 38.5 Å². The van der Waals surface area contributed by atoms with E-state index in [2.05, 4.69) is 4.98 Å². The van der Waals surface area contributed by atoms with E-state index in [1.54, 1.807) is 36.6 Å². The number of aromatic nitrogens is 2. The Labute approximate surface area is 143 Å². The number of anilines is 1. The first-order valence-corrected chi connectivity index (χ1v) is 7.68. The SMILES string of the molecule is Cc1ccc(O)c(C)c1-n1c(N)c(C(N)=O)c2cc(Cl)c(C)nc21. The minimum atomic E-state index is -0.659. The molecule has 0 bridgehead atoms. The number of aromatic hydroxyl groups is 1. The summed E-state index contributed by atoms with van der Waals surface area (Å²) in [5.74, 6) is -0.361. The van der Waals surface area contributed by atoms with Gasteiger partial charge in [0.2, 0.25) is 0 Å². The number of aryl methyl sites for hydroxylation is 2. The van der Waals surface area contributed by atoms with Crippen LogP contribution in [0.25, 0.3) is 16.7 Å². The topological polar surface area (TPSA) is 107 Å². The lowest BCUT2D eigenvalue weighted by molar-refractivity contribution is 0.100. The number of fused-ring (bicyclic) bond motifs is 1. The molecule has 0 saturated carbocycles. The van der Waals surface area contributed by atoms with Crippen LogP contribution in [0.15, 0.2) is 18.2 Å². The highest BCUT2D eigenvalue weighted by atomic mass is 35.5. The van der Waals surface area contributed by atoms with Crippen molar-refractivity contribution in [2.75, 3.05) is 5.73 Å². The lowest BCUT2D eigenvalue weighted by Gasteiger charge is -2.15. The lowest BCUT2D eigenvalue weighted by Crippen LogP contribution is -2.14. The first-order valence-electron chi connectivity index (χ1n) is 7.30. The van der Waals surface area contributed by atoms with Gasteiger partial charge in [0.15, 0.2) is 0 Å². The minimum absolute atomic E-state index is 0.128. The number of halogens is 1. The molecule has 124 valence electrons. The monoisotopic (exact) mass is 344 g/mol. The number of rotatable bonds is 2. The molecule has 0 radical (unpaired) electrons. The average molecular weight is 345 g/mol. The van der Waals surface area contributed by atoms with Crippen LogP contribution in [-0.2, 0) is 0 Å². The fourth-order valence-electron chi connectivity index (χ4n) is 2.94. The number of phenols is 1. The van der Waals surface area contributed by atoms with E-state index in [4.69, 9.17) is 23.1 Å². The number of nitrogen functional groups attached to an aromatic ring is 1. The summed E-state index contributed by atoms with van der Waals surface area (Å²) in [5.41, 5.74) is 15.2. The Bertz CT molecular complexity index is 1010. The van der Waals surface area contributed by atoms with E-state index in [-0.39, 0.29) is 17.1 Å². The number of carbonyl (C=O) groups is 1. The molecule has 2 aromatic heterocycles. The van der Waals surface area contributed by atoms with Crippen LogP contribution in [0.5, 0.6) is 5.75 Å². The minimum Gasteiger partial charge on any atom is -0.508 e. The Morgan fingerprint density at radius 1 is 1.29 bits per heavy atom. The summed E-state index contributed by atoms with van der Waals surface area (Å²) in [5, 5.41) is 11.0. The molecule has 1 amide bonds. The molecular formula is C17H17ClN4O2. The number of hydrogen-bond donors (Lipinski definition) is 3. The molecule has 24 heavy (non-hydrogen) atoms. The second-order valence-electron chi connectivity index (χ2n) is 5.76. The molecule has 0 unspecified atom stereocenters. The van der Waals surface area contributed by atoms with E-state index in [1.165, 1.54) is 0 Å². The van der Waals surface area contributed by atoms with Crippen LogP contribution < -0.4 is 11.5 Å². The summed E-state index contributed by atoms with van der Waals surface area (Å²) in [6, 6.07) is 5.02. The van der Waals surface area contributed by atoms with Crippen molar-refractivity contribution in [3.8, 4) is 11.4 Å². The van der Waals surface area contributed by atoms with Gasteiger partial charge in [0.05, 0.1) is 22.0 Å². The summed E-state index contributed by atoms with van der Waals surface area (Å²) < 4.78 is 1.64. The lowest BCUT2D eigenvalue weighted by atomic mass is 10.1. The molecular weight excluding hydrogens is 328 g/mol. The number of phenolic OH excluding ortho intramolecular Hbond substituents is 1. The van der Waals surface area contributed by atoms with Crippen molar-refractivity contribution in [1.29, 1.82) is 0 Å². The van der Waals surface area contributed by atoms with Crippen LogP contribution in [0.4, 0.5) is 5.82 Å².